The molecule has 1 amide bonds. The summed E-state index contributed by atoms with van der Waals surface area (Å²) in [7, 11) is 0. The molecule has 0 aliphatic carbocycles. The Morgan fingerprint density at radius 3 is 2.31 bits per heavy atom. The Hall–Kier alpha value is -3.77. The zero-order chi connectivity index (χ0) is 23.9. The number of aryl methyl sites for hydroxylation is 1. The van der Waals surface area contributed by atoms with Crippen molar-refractivity contribution >= 4 is 5.91 Å². The van der Waals surface area contributed by atoms with Gasteiger partial charge in [0.2, 0.25) is 5.91 Å². The molecule has 0 fully saturated rings. The standard InChI is InChI=1S/C29H30N4O2/c34-29-26(17-23-11-13-25(14-12-23)24-9-5-2-6-10-24)15-16-33-28(19-30-32-33)21-35-20-27(31-29)18-22-7-3-1-4-8-22/h1-14,19,26-27H,15-18,20-21H2,(H,31,34)/t26-,27-/m1/s1. The van der Waals surface area contributed by atoms with Crippen LogP contribution < -0.4 is 5.32 Å². The highest BCUT2D eigenvalue weighted by atomic mass is 16.5. The largest absolute Gasteiger partial charge is 0.373 e. The molecular weight excluding hydrogens is 436 g/mol. The van der Waals surface area contributed by atoms with E-state index in [-0.39, 0.29) is 17.9 Å². The van der Waals surface area contributed by atoms with Crippen molar-refractivity contribution < 1.29 is 9.53 Å². The predicted molar refractivity (Wildman–Crippen MR) is 135 cm³/mol. The molecule has 5 rings (SSSR count). The molecule has 0 saturated heterocycles. The van der Waals surface area contributed by atoms with Gasteiger partial charge in [-0.15, -0.1) is 5.10 Å². The van der Waals surface area contributed by atoms with Crippen molar-refractivity contribution in [2.24, 2.45) is 5.92 Å². The van der Waals surface area contributed by atoms with E-state index in [0.29, 0.717) is 32.6 Å². The normalized spacial score (nSPS) is 18.8. The summed E-state index contributed by atoms with van der Waals surface area (Å²) < 4.78 is 7.83. The summed E-state index contributed by atoms with van der Waals surface area (Å²) in [6.45, 7) is 1.49. The predicted octanol–water partition coefficient (Wildman–Crippen LogP) is 4.45. The Balaban J connectivity index is 1.34. The molecule has 1 aromatic heterocycles. The van der Waals surface area contributed by atoms with Gasteiger partial charge in [-0.2, -0.15) is 0 Å². The molecule has 2 heterocycles. The van der Waals surface area contributed by atoms with Gasteiger partial charge in [0.15, 0.2) is 0 Å². The summed E-state index contributed by atoms with van der Waals surface area (Å²) in [5.41, 5.74) is 5.62. The fourth-order valence-corrected chi connectivity index (χ4v) is 4.61. The van der Waals surface area contributed by atoms with Crippen molar-refractivity contribution in [2.45, 2.75) is 38.5 Å². The first-order chi connectivity index (χ1) is 17.2. The van der Waals surface area contributed by atoms with Gasteiger partial charge in [-0.25, -0.2) is 4.68 Å². The van der Waals surface area contributed by atoms with E-state index >= 15 is 0 Å². The van der Waals surface area contributed by atoms with Gasteiger partial charge in [0.25, 0.3) is 0 Å². The maximum atomic E-state index is 13.5. The zero-order valence-electron chi connectivity index (χ0n) is 19.7. The smallest absolute Gasteiger partial charge is 0.223 e. The Morgan fingerprint density at radius 2 is 1.54 bits per heavy atom. The molecule has 35 heavy (non-hydrogen) atoms. The maximum Gasteiger partial charge on any atom is 0.223 e. The number of aromatic nitrogens is 3. The molecule has 4 aromatic rings. The second kappa shape index (κ2) is 11.1. The van der Waals surface area contributed by atoms with Crippen LogP contribution >= 0.6 is 0 Å². The lowest BCUT2D eigenvalue weighted by Crippen LogP contribution is -2.43. The summed E-state index contributed by atoms with van der Waals surface area (Å²) in [5.74, 6) is -0.115. The van der Waals surface area contributed by atoms with E-state index in [1.54, 1.807) is 6.20 Å². The molecule has 0 unspecified atom stereocenters. The van der Waals surface area contributed by atoms with Crippen molar-refractivity contribution in [3.05, 3.63) is 108 Å². The van der Waals surface area contributed by atoms with Crippen LogP contribution in [-0.2, 0) is 35.5 Å². The summed E-state index contributed by atoms with van der Waals surface area (Å²) in [6.07, 6.45) is 3.82. The molecule has 1 aliphatic rings. The molecule has 3 aromatic carbocycles. The van der Waals surface area contributed by atoms with Crippen LogP contribution in [0.2, 0.25) is 0 Å². The van der Waals surface area contributed by atoms with Gasteiger partial charge in [-0.05, 0) is 41.5 Å². The second-order valence-electron chi connectivity index (χ2n) is 9.11. The van der Waals surface area contributed by atoms with Crippen LogP contribution in [-0.4, -0.2) is 33.5 Å². The van der Waals surface area contributed by atoms with Crippen LogP contribution in [0.5, 0.6) is 0 Å². The zero-order valence-corrected chi connectivity index (χ0v) is 19.7. The Bertz CT molecular complexity index is 1220. The van der Waals surface area contributed by atoms with Gasteiger partial charge in [-0.1, -0.05) is 90.1 Å². The highest BCUT2D eigenvalue weighted by Crippen LogP contribution is 2.22. The highest BCUT2D eigenvalue weighted by Gasteiger charge is 2.24. The van der Waals surface area contributed by atoms with E-state index < -0.39 is 0 Å². The number of nitrogens with zero attached hydrogens (tertiary/aromatic N) is 3. The molecule has 1 N–H and O–H groups in total. The molecule has 178 valence electrons. The van der Waals surface area contributed by atoms with Crippen LogP contribution in [0.25, 0.3) is 11.1 Å². The minimum Gasteiger partial charge on any atom is -0.373 e. The Labute approximate surface area is 206 Å². The topological polar surface area (TPSA) is 69.0 Å². The maximum absolute atomic E-state index is 13.5. The van der Waals surface area contributed by atoms with Crippen LogP contribution in [0.4, 0.5) is 0 Å². The Kier molecular flexibility index (Phi) is 7.29. The molecule has 2 atom stereocenters. The number of ether oxygens (including phenoxy) is 1. The van der Waals surface area contributed by atoms with E-state index in [0.717, 1.165) is 17.7 Å². The van der Waals surface area contributed by atoms with E-state index in [1.165, 1.54) is 16.7 Å². The van der Waals surface area contributed by atoms with Crippen molar-refractivity contribution in [1.82, 2.24) is 20.3 Å². The molecule has 6 nitrogen and oxygen atoms in total. The fourth-order valence-electron chi connectivity index (χ4n) is 4.61. The number of amides is 1. The minimum absolute atomic E-state index is 0.0604. The second-order valence-corrected chi connectivity index (χ2v) is 9.11. The quantitative estimate of drug-likeness (QED) is 0.472. The summed E-state index contributed by atoms with van der Waals surface area (Å²) in [4.78, 5) is 13.5. The van der Waals surface area contributed by atoms with E-state index in [4.69, 9.17) is 4.74 Å². The molecule has 0 bridgehead atoms. The molecule has 0 radical (unpaired) electrons. The van der Waals surface area contributed by atoms with Crippen molar-refractivity contribution in [1.29, 1.82) is 0 Å². The highest BCUT2D eigenvalue weighted by molar-refractivity contribution is 5.79. The average molecular weight is 467 g/mol. The van der Waals surface area contributed by atoms with E-state index in [9.17, 15) is 4.79 Å². The number of carbonyl (C=O) groups excluding carboxylic acids is 1. The lowest BCUT2D eigenvalue weighted by molar-refractivity contribution is -0.126. The van der Waals surface area contributed by atoms with Crippen LogP contribution in [0, 0.1) is 5.92 Å². The van der Waals surface area contributed by atoms with Crippen molar-refractivity contribution in [3.8, 4) is 11.1 Å². The van der Waals surface area contributed by atoms with Crippen LogP contribution in [0.1, 0.15) is 23.2 Å². The first-order valence-corrected chi connectivity index (χ1v) is 12.2. The van der Waals surface area contributed by atoms with Gasteiger partial charge in [-0.3, -0.25) is 4.79 Å². The number of rotatable bonds is 5. The number of hydrogen-bond acceptors (Lipinski definition) is 4. The Morgan fingerprint density at radius 1 is 0.857 bits per heavy atom. The van der Waals surface area contributed by atoms with Crippen LogP contribution in [0.3, 0.4) is 0 Å². The monoisotopic (exact) mass is 466 g/mol. The van der Waals surface area contributed by atoms with Crippen molar-refractivity contribution in [3.63, 3.8) is 0 Å². The molecule has 6 heteroatoms. The van der Waals surface area contributed by atoms with Gasteiger partial charge < -0.3 is 10.1 Å². The molecular formula is C29H30N4O2. The van der Waals surface area contributed by atoms with Gasteiger partial charge in [0.1, 0.15) is 0 Å². The van der Waals surface area contributed by atoms with E-state index in [2.05, 4.69) is 64.2 Å². The van der Waals surface area contributed by atoms with Gasteiger partial charge >= 0.3 is 0 Å². The number of nitrogens with one attached hydrogen (secondary N) is 1. The SMILES string of the molecule is O=C1N[C@H](Cc2ccccc2)COCc2cnnn2CC[C@@H]1Cc1ccc(-c2ccccc2)cc1. The van der Waals surface area contributed by atoms with Gasteiger partial charge in [0.05, 0.1) is 31.1 Å². The summed E-state index contributed by atoms with van der Waals surface area (Å²) >= 11 is 0. The third-order valence-corrected chi connectivity index (χ3v) is 6.54. The van der Waals surface area contributed by atoms with Crippen molar-refractivity contribution in [2.75, 3.05) is 6.61 Å². The number of benzene rings is 3. The van der Waals surface area contributed by atoms with Gasteiger partial charge in [0, 0.05) is 12.5 Å². The fraction of sp³-hybridized carbons (Fsp3) is 0.276. The molecule has 0 spiro atoms. The lowest BCUT2D eigenvalue weighted by atomic mass is 9.93. The minimum atomic E-state index is -0.175. The molecule has 1 aliphatic heterocycles. The number of hydrogen-bond donors (Lipinski definition) is 1. The first-order valence-electron chi connectivity index (χ1n) is 12.2. The third-order valence-electron chi connectivity index (χ3n) is 6.54. The number of fused-ring (bicyclic) bond motifs is 1. The lowest BCUT2D eigenvalue weighted by Gasteiger charge is -2.22. The summed E-state index contributed by atoms with van der Waals surface area (Å²) in [6, 6.07) is 29.0. The third kappa shape index (κ3) is 6.03. The average Bonchev–Trinajstić information content (AvgIpc) is 3.34. The first kappa shape index (κ1) is 23.0. The number of carbonyl (C=O) groups is 1. The summed E-state index contributed by atoms with van der Waals surface area (Å²) in [5, 5.41) is 11.6. The van der Waals surface area contributed by atoms with E-state index in [1.807, 2.05) is 41.1 Å². The van der Waals surface area contributed by atoms with Crippen LogP contribution in [0.15, 0.2) is 91.1 Å². The molecule has 0 saturated carbocycles.